The minimum Gasteiger partial charge on any atom is -0.415 e. The SMILES string of the molecule is CC(C)(O[Si](C)(C)C)[Si](C)(C)CCCN. The first-order valence-electron chi connectivity index (χ1n) is 5.92. The number of nitrogens with two attached hydrogens (primary N) is 1. The van der Waals surface area contributed by atoms with E-state index in [1.807, 2.05) is 0 Å². The molecule has 0 saturated heterocycles. The number of rotatable bonds is 6. The molecule has 0 amide bonds. The third-order valence-electron chi connectivity index (χ3n) is 3.20. The molecule has 0 fully saturated rings. The van der Waals surface area contributed by atoms with Crippen molar-refractivity contribution in [2.24, 2.45) is 5.73 Å². The van der Waals surface area contributed by atoms with Crippen molar-refractivity contribution >= 4 is 16.4 Å². The van der Waals surface area contributed by atoms with Crippen LogP contribution in [0.3, 0.4) is 0 Å². The lowest BCUT2D eigenvalue weighted by Crippen LogP contribution is -2.56. The van der Waals surface area contributed by atoms with E-state index in [9.17, 15) is 0 Å². The summed E-state index contributed by atoms with van der Waals surface area (Å²) >= 11 is 0. The van der Waals surface area contributed by atoms with Gasteiger partial charge in [-0.2, -0.15) is 0 Å². The van der Waals surface area contributed by atoms with Gasteiger partial charge in [0.15, 0.2) is 8.32 Å². The van der Waals surface area contributed by atoms with Gasteiger partial charge in [-0.25, -0.2) is 0 Å². The zero-order valence-electron chi connectivity index (χ0n) is 11.6. The minimum absolute atomic E-state index is 0.0760. The highest BCUT2D eigenvalue weighted by molar-refractivity contribution is 6.81. The summed E-state index contributed by atoms with van der Waals surface area (Å²) in [5.74, 6) is 0. The topological polar surface area (TPSA) is 35.2 Å². The van der Waals surface area contributed by atoms with Crippen LogP contribution in [0.4, 0.5) is 0 Å². The predicted molar refractivity (Wildman–Crippen MR) is 74.5 cm³/mol. The van der Waals surface area contributed by atoms with Crippen molar-refractivity contribution in [2.45, 2.75) is 64.3 Å². The highest BCUT2D eigenvalue weighted by Crippen LogP contribution is 2.31. The third-order valence-corrected chi connectivity index (χ3v) is 9.49. The van der Waals surface area contributed by atoms with Crippen LogP contribution in [0.15, 0.2) is 0 Å². The Balaban J connectivity index is 4.54. The Labute approximate surface area is 97.7 Å². The van der Waals surface area contributed by atoms with Gasteiger partial charge in [0.05, 0.1) is 8.07 Å². The molecule has 0 aromatic carbocycles. The summed E-state index contributed by atoms with van der Waals surface area (Å²) in [6.45, 7) is 17.0. The van der Waals surface area contributed by atoms with Crippen molar-refractivity contribution in [1.29, 1.82) is 0 Å². The van der Waals surface area contributed by atoms with E-state index in [-0.39, 0.29) is 5.22 Å². The molecule has 0 aromatic heterocycles. The van der Waals surface area contributed by atoms with Gasteiger partial charge in [0, 0.05) is 5.22 Å². The van der Waals surface area contributed by atoms with Gasteiger partial charge in [0.25, 0.3) is 0 Å². The Morgan fingerprint density at radius 1 is 1.07 bits per heavy atom. The normalized spacial score (nSPS) is 14.4. The van der Waals surface area contributed by atoms with Crippen molar-refractivity contribution in [3.63, 3.8) is 0 Å². The molecule has 0 bridgehead atoms. The lowest BCUT2D eigenvalue weighted by atomic mass is 10.5. The smallest absolute Gasteiger partial charge is 0.184 e. The van der Waals surface area contributed by atoms with E-state index in [1.165, 1.54) is 6.04 Å². The maximum Gasteiger partial charge on any atom is 0.184 e. The van der Waals surface area contributed by atoms with Crippen molar-refractivity contribution in [2.75, 3.05) is 6.54 Å². The molecule has 2 nitrogen and oxygen atoms in total. The Kier molecular flexibility index (Phi) is 5.24. The van der Waals surface area contributed by atoms with Gasteiger partial charge in [0.1, 0.15) is 0 Å². The summed E-state index contributed by atoms with van der Waals surface area (Å²) in [6, 6.07) is 1.26. The molecule has 0 unspecified atom stereocenters. The van der Waals surface area contributed by atoms with E-state index in [0.29, 0.717) is 0 Å². The lowest BCUT2D eigenvalue weighted by Gasteiger charge is -2.44. The summed E-state index contributed by atoms with van der Waals surface area (Å²) < 4.78 is 6.35. The summed E-state index contributed by atoms with van der Waals surface area (Å²) in [4.78, 5) is 0. The zero-order valence-corrected chi connectivity index (χ0v) is 13.6. The van der Waals surface area contributed by atoms with Gasteiger partial charge in [-0.15, -0.1) is 0 Å². The molecule has 15 heavy (non-hydrogen) atoms. The first-order chi connectivity index (χ1) is 6.52. The average molecular weight is 248 g/mol. The monoisotopic (exact) mass is 247 g/mol. The van der Waals surface area contributed by atoms with Gasteiger partial charge in [-0.3, -0.25) is 0 Å². The van der Waals surface area contributed by atoms with Crippen molar-refractivity contribution in [3.05, 3.63) is 0 Å². The summed E-state index contributed by atoms with van der Waals surface area (Å²) in [5.41, 5.74) is 5.60. The molecular weight excluding hydrogens is 218 g/mol. The van der Waals surface area contributed by atoms with Crippen molar-refractivity contribution in [1.82, 2.24) is 0 Å². The molecular formula is C11H29NOSi2. The van der Waals surface area contributed by atoms with Gasteiger partial charge in [0.2, 0.25) is 0 Å². The molecule has 2 N–H and O–H groups in total. The van der Waals surface area contributed by atoms with Crippen LogP contribution in [-0.4, -0.2) is 28.2 Å². The first-order valence-corrected chi connectivity index (χ1v) is 12.5. The molecule has 4 heteroatoms. The molecule has 92 valence electrons. The van der Waals surface area contributed by atoms with Gasteiger partial charge in [-0.1, -0.05) is 19.1 Å². The highest BCUT2D eigenvalue weighted by Gasteiger charge is 2.41. The number of hydrogen-bond acceptors (Lipinski definition) is 2. The van der Waals surface area contributed by atoms with Crippen LogP contribution in [0.25, 0.3) is 0 Å². The van der Waals surface area contributed by atoms with Crippen molar-refractivity contribution in [3.8, 4) is 0 Å². The van der Waals surface area contributed by atoms with Crippen molar-refractivity contribution < 1.29 is 4.43 Å². The second-order valence-electron chi connectivity index (χ2n) is 6.50. The van der Waals surface area contributed by atoms with Crippen LogP contribution < -0.4 is 5.73 Å². The molecule has 0 rings (SSSR count). The Hall–Kier alpha value is 0.354. The Bertz CT molecular complexity index is 197. The predicted octanol–water partition coefficient (Wildman–Crippen LogP) is 3.21. The lowest BCUT2D eigenvalue weighted by molar-refractivity contribution is 0.175. The van der Waals surface area contributed by atoms with E-state index >= 15 is 0 Å². The van der Waals surface area contributed by atoms with Gasteiger partial charge < -0.3 is 10.2 Å². The van der Waals surface area contributed by atoms with Gasteiger partial charge in [-0.05, 0) is 46.5 Å². The molecule has 0 aliphatic heterocycles. The number of hydrogen-bond donors (Lipinski definition) is 1. The Morgan fingerprint density at radius 3 is 1.87 bits per heavy atom. The van der Waals surface area contributed by atoms with Crippen LogP contribution in [0.2, 0.25) is 38.8 Å². The maximum absolute atomic E-state index is 6.35. The van der Waals surface area contributed by atoms with Crippen LogP contribution in [-0.2, 0) is 4.43 Å². The van der Waals surface area contributed by atoms with Crippen LogP contribution in [0, 0.1) is 0 Å². The Morgan fingerprint density at radius 2 is 1.53 bits per heavy atom. The maximum atomic E-state index is 6.35. The largest absolute Gasteiger partial charge is 0.415 e. The fourth-order valence-corrected chi connectivity index (χ4v) is 6.99. The second-order valence-corrected chi connectivity index (χ2v) is 16.4. The summed E-state index contributed by atoms with van der Waals surface area (Å²) in [7, 11) is -2.77. The molecule has 0 radical (unpaired) electrons. The second kappa shape index (κ2) is 5.12. The molecule has 0 atom stereocenters. The van der Waals surface area contributed by atoms with E-state index in [0.717, 1.165) is 13.0 Å². The summed E-state index contributed by atoms with van der Waals surface area (Å²) in [6.07, 6.45) is 1.14. The molecule has 0 aliphatic rings. The zero-order chi connectivity index (χ0) is 12.3. The quantitative estimate of drug-likeness (QED) is 0.732. The van der Waals surface area contributed by atoms with E-state index in [2.05, 4.69) is 46.6 Å². The molecule has 0 spiro atoms. The molecule has 0 aliphatic carbocycles. The fourth-order valence-electron chi connectivity index (χ4n) is 1.75. The van der Waals surface area contributed by atoms with Gasteiger partial charge >= 0.3 is 0 Å². The minimum atomic E-state index is -1.44. The fraction of sp³-hybridized carbons (Fsp3) is 1.00. The molecule has 0 saturated carbocycles. The molecule has 0 aromatic rings. The standard InChI is InChI=1S/C11H29NOSi2/c1-11(2,13-14(3,4)5)15(6,7)10-8-9-12/h8-10,12H2,1-7H3. The average Bonchev–Trinajstić information content (AvgIpc) is 1.96. The highest BCUT2D eigenvalue weighted by atomic mass is 28.4. The van der Waals surface area contributed by atoms with Crippen LogP contribution in [0.1, 0.15) is 20.3 Å². The van der Waals surface area contributed by atoms with Crippen LogP contribution in [0.5, 0.6) is 0 Å². The summed E-state index contributed by atoms with van der Waals surface area (Å²) in [5, 5.41) is 0.0760. The first kappa shape index (κ1) is 15.4. The molecule has 0 heterocycles. The van der Waals surface area contributed by atoms with E-state index in [4.69, 9.17) is 10.2 Å². The third kappa shape index (κ3) is 5.29. The van der Waals surface area contributed by atoms with Crippen LogP contribution >= 0.6 is 0 Å². The van der Waals surface area contributed by atoms with E-state index in [1.54, 1.807) is 0 Å². The van der Waals surface area contributed by atoms with E-state index < -0.39 is 16.4 Å².